The van der Waals surface area contributed by atoms with Gasteiger partial charge < -0.3 is 4.90 Å². The molecule has 0 aromatic heterocycles. The van der Waals surface area contributed by atoms with Crippen LogP contribution in [-0.4, -0.2) is 25.0 Å². The molecule has 0 spiro atoms. The van der Waals surface area contributed by atoms with Crippen molar-refractivity contribution in [1.29, 1.82) is 0 Å². The maximum absolute atomic E-state index is 13.0. The molecule has 1 nitrogen and oxygen atoms in total. The van der Waals surface area contributed by atoms with E-state index in [1.54, 1.807) is 6.07 Å². The summed E-state index contributed by atoms with van der Waals surface area (Å²) in [4.78, 5) is 2.15. The van der Waals surface area contributed by atoms with Gasteiger partial charge in [0.2, 0.25) is 0 Å². The number of alkyl halides is 3. The highest BCUT2D eigenvalue weighted by molar-refractivity contribution is 5.38. The van der Waals surface area contributed by atoms with E-state index in [1.807, 2.05) is 7.05 Å². The van der Waals surface area contributed by atoms with Gasteiger partial charge in [-0.15, -0.1) is 0 Å². The minimum atomic E-state index is -4.27. The topological polar surface area (TPSA) is 3.24 Å². The lowest BCUT2D eigenvalue weighted by Gasteiger charge is -2.30. The first kappa shape index (κ1) is 13.4. The number of hydrogen-bond acceptors (Lipinski definition) is 1. The monoisotopic (exact) mass is 256 g/mol. The zero-order chi connectivity index (χ0) is 13.3. The zero-order valence-corrected chi connectivity index (χ0v) is 10.4. The van der Waals surface area contributed by atoms with Crippen LogP contribution in [-0.2, 0) is 6.18 Å². The second-order valence-corrected chi connectivity index (χ2v) is 5.00. The number of rotatable bonds is 1. The maximum atomic E-state index is 13.0. The Balaban J connectivity index is 2.33. The summed E-state index contributed by atoms with van der Waals surface area (Å²) in [6, 6.07) is 4.19. The standard InChI is InChI=1S/C14H17F3N/c1-10-3-4-13(14(15,16)17)12(9-10)11-5-7-18(2)8-6-11/h3-4,9,11H,1,5-8H2,2H3. The summed E-state index contributed by atoms with van der Waals surface area (Å²) in [5.41, 5.74) is 0.574. The fourth-order valence-electron chi connectivity index (χ4n) is 2.53. The SMILES string of the molecule is [CH2]c1ccc(C(F)(F)F)c(C2CCN(C)CC2)c1. The van der Waals surface area contributed by atoms with Crippen LogP contribution in [0.15, 0.2) is 18.2 Å². The van der Waals surface area contributed by atoms with Gasteiger partial charge in [-0.05, 0) is 63.0 Å². The first-order valence-corrected chi connectivity index (χ1v) is 6.09. The largest absolute Gasteiger partial charge is 0.416 e. The highest BCUT2D eigenvalue weighted by Crippen LogP contribution is 2.38. The van der Waals surface area contributed by atoms with E-state index in [0.29, 0.717) is 11.1 Å². The molecular weight excluding hydrogens is 239 g/mol. The molecule has 99 valence electrons. The molecule has 1 aliphatic heterocycles. The highest BCUT2D eigenvalue weighted by atomic mass is 19.4. The van der Waals surface area contributed by atoms with Crippen LogP contribution in [0.2, 0.25) is 0 Å². The van der Waals surface area contributed by atoms with E-state index >= 15 is 0 Å². The lowest BCUT2D eigenvalue weighted by molar-refractivity contribution is -0.138. The first-order chi connectivity index (χ1) is 8.38. The molecule has 0 saturated carbocycles. The van der Waals surface area contributed by atoms with Gasteiger partial charge in [-0.1, -0.05) is 12.1 Å². The van der Waals surface area contributed by atoms with Crippen molar-refractivity contribution in [2.45, 2.75) is 24.9 Å². The summed E-state index contributed by atoms with van der Waals surface area (Å²) in [6.07, 6.45) is -2.71. The Hall–Kier alpha value is -1.03. The average molecular weight is 256 g/mol. The molecule has 1 fully saturated rings. The Morgan fingerprint density at radius 2 is 1.83 bits per heavy atom. The number of halogens is 3. The van der Waals surface area contributed by atoms with Gasteiger partial charge >= 0.3 is 6.18 Å². The molecule has 1 aromatic carbocycles. The van der Waals surface area contributed by atoms with Crippen molar-refractivity contribution in [3.63, 3.8) is 0 Å². The first-order valence-electron chi connectivity index (χ1n) is 6.09. The summed E-state index contributed by atoms with van der Waals surface area (Å²) < 4.78 is 38.9. The van der Waals surface area contributed by atoms with Crippen molar-refractivity contribution in [1.82, 2.24) is 4.90 Å². The van der Waals surface area contributed by atoms with Gasteiger partial charge in [-0.3, -0.25) is 0 Å². The van der Waals surface area contributed by atoms with E-state index in [-0.39, 0.29) is 5.92 Å². The van der Waals surface area contributed by atoms with Gasteiger partial charge in [-0.2, -0.15) is 13.2 Å². The molecule has 0 atom stereocenters. The van der Waals surface area contributed by atoms with Gasteiger partial charge in [0.1, 0.15) is 0 Å². The second-order valence-electron chi connectivity index (χ2n) is 5.00. The van der Waals surface area contributed by atoms with E-state index in [1.165, 1.54) is 6.07 Å². The third kappa shape index (κ3) is 2.86. The van der Waals surface area contributed by atoms with Crippen molar-refractivity contribution in [2.75, 3.05) is 20.1 Å². The Morgan fingerprint density at radius 1 is 1.22 bits per heavy atom. The van der Waals surface area contributed by atoms with Crippen molar-refractivity contribution >= 4 is 0 Å². The Bertz CT molecular complexity index is 418. The Morgan fingerprint density at radius 3 is 2.39 bits per heavy atom. The summed E-state index contributed by atoms with van der Waals surface area (Å²) in [5, 5.41) is 0. The summed E-state index contributed by atoms with van der Waals surface area (Å²) in [7, 11) is 2.00. The van der Waals surface area contributed by atoms with Crippen LogP contribution >= 0.6 is 0 Å². The van der Waals surface area contributed by atoms with Gasteiger partial charge in [0, 0.05) is 0 Å². The van der Waals surface area contributed by atoms with Crippen molar-refractivity contribution in [3.05, 3.63) is 41.8 Å². The van der Waals surface area contributed by atoms with Crippen LogP contribution in [0.4, 0.5) is 13.2 Å². The van der Waals surface area contributed by atoms with Gasteiger partial charge in [0.05, 0.1) is 5.56 Å². The van der Waals surface area contributed by atoms with Crippen molar-refractivity contribution in [3.8, 4) is 0 Å². The summed E-state index contributed by atoms with van der Waals surface area (Å²) >= 11 is 0. The third-order valence-electron chi connectivity index (χ3n) is 3.58. The summed E-state index contributed by atoms with van der Waals surface area (Å²) in [5.74, 6) is -0.000440. The van der Waals surface area contributed by atoms with Crippen molar-refractivity contribution < 1.29 is 13.2 Å². The van der Waals surface area contributed by atoms with Crippen LogP contribution in [0.5, 0.6) is 0 Å². The van der Waals surface area contributed by atoms with E-state index in [9.17, 15) is 13.2 Å². The smallest absolute Gasteiger partial charge is 0.306 e. The molecule has 1 saturated heterocycles. The normalized spacial score (nSPS) is 19.2. The predicted molar refractivity (Wildman–Crippen MR) is 65.4 cm³/mol. The minimum Gasteiger partial charge on any atom is -0.306 e. The van der Waals surface area contributed by atoms with Crippen LogP contribution < -0.4 is 0 Å². The molecule has 1 aliphatic rings. The van der Waals surface area contributed by atoms with E-state index in [4.69, 9.17) is 0 Å². The fraction of sp³-hybridized carbons (Fsp3) is 0.500. The molecule has 0 unspecified atom stereocenters. The molecule has 0 aliphatic carbocycles. The Kier molecular flexibility index (Phi) is 3.66. The highest BCUT2D eigenvalue weighted by Gasteiger charge is 2.35. The lowest BCUT2D eigenvalue weighted by atomic mass is 9.85. The van der Waals surface area contributed by atoms with E-state index in [2.05, 4.69) is 11.8 Å². The quantitative estimate of drug-likeness (QED) is 0.740. The number of nitrogens with zero attached hydrogens (tertiary/aromatic N) is 1. The van der Waals surface area contributed by atoms with E-state index in [0.717, 1.165) is 32.0 Å². The average Bonchev–Trinajstić information content (AvgIpc) is 2.28. The number of likely N-dealkylation sites (tertiary alicyclic amines) is 1. The molecule has 0 amide bonds. The van der Waals surface area contributed by atoms with Crippen LogP contribution in [0.1, 0.15) is 35.4 Å². The molecule has 0 bridgehead atoms. The predicted octanol–water partition coefficient (Wildman–Crippen LogP) is 3.70. The number of benzene rings is 1. The molecule has 4 heteroatoms. The maximum Gasteiger partial charge on any atom is 0.416 e. The molecule has 1 aromatic rings. The molecule has 2 rings (SSSR count). The van der Waals surface area contributed by atoms with Gasteiger partial charge in [0.25, 0.3) is 0 Å². The number of piperidine rings is 1. The molecule has 0 N–H and O–H groups in total. The van der Waals surface area contributed by atoms with Crippen LogP contribution in [0.25, 0.3) is 0 Å². The molecule has 18 heavy (non-hydrogen) atoms. The van der Waals surface area contributed by atoms with Gasteiger partial charge in [-0.25, -0.2) is 0 Å². The van der Waals surface area contributed by atoms with Gasteiger partial charge in [0.15, 0.2) is 0 Å². The third-order valence-corrected chi connectivity index (χ3v) is 3.58. The zero-order valence-electron chi connectivity index (χ0n) is 10.4. The summed E-state index contributed by atoms with van der Waals surface area (Å²) in [6.45, 7) is 5.44. The lowest BCUT2D eigenvalue weighted by Crippen LogP contribution is -2.30. The second kappa shape index (κ2) is 4.92. The molecule has 1 radical (unpaired) electrons. The fourth-order valence-corrected chi connectivity index (χ4v) is 2.53. The van der Waals surface area contributed by atoms with E-state index < -0.39 is 11.7 Å². The van der Waals surface area contributed by atoms with Crippen LogP contribution in [0.3, 0.4) is 0 Å². The van der Waals surface area contributed by atoms with Crippen molar-refractivity contribution in [2.24, 2.45) is 0 Å². The number of hydrogen-bond donors (Lipinski definition) is 0. The Labute approximate surface area is 106 Å². The molecule has 1 heterocycles. The molecular formula is C14H17F3N. The van der Waals surface area contributed by atoms with Crippen LogP contribution in [0, 0.1) is 6.92 Å². The minimum absolute atomic E-state index is 0.000440.